The number of carbonyl (C=O) groups is 3. The third-order valence-electron chi connectivity index (χ3n) is 4.47. The highest BCUT2D eigenvalue weighted by atomic mass is 16.2. The van der Waals surface area contributed by atoms with Crippen LogP contribution in [0.1, 0.15) is 19.4 Å². The van der Waals surface area contributed by atoms with Gasteiger partial charge >= 0.3 is 0 Å². The van der Waals surface area contributed by atoms with Gasteiger partial charge in [-0.05, 0) is 35.4 Å². The molecule has 0 unspecified atom stereocenters. The molecule has 0 aliphatic rings. The van der Waals surface area contributed by atoms with Crippen molar-refractivity contribution in [2.24, 2.45) is 0 Å². The molecule has 0 aliphatic carbocycles. The number of fused-ring (bicyclic) bond motifs is 1. The summed E-state index contributed by atoms with van der Waals surface area (Å²) in [6.07, 6.45) is 1.53. The van der Waals surface area contributed by atoms with E-state index in [1.165, 1.54) is 13.0 Å². The molecule has 0 aromatic heterocycles. The first-order chi connectivity index (χ1) is 14.9. The zero-order valence-corrected chi connectivity index (χ0v) is 17.4. The molecule has 3 aromatic rings. The highest BCUT2D eigenvalue weighted by molar-refractivity contribution is 6.03. The minimum absolute atomic E-state index is 0.206. The molecule has 158 valence electrons. The lowest BCUT2D eigenvalue weighted by molar-refractivity contribution is -0.121. The number of para-hydroxylation sites is 2. The fraction of sp³-hybridized carbons (Fsp3) is 0.125. The predicted octanol–water partition coefficient (Wildman–Crippen LogP) is 3.50. The summed E-state index contributed by atoms with van der Waals surface area (Å²) in [6.45, 7) is 3.06. The lowest BCUT2D eigenvalue weighted by Gasteiger charge is -2.12. The topological polar surface area (TPSA) is 99.3 Å². The number of benzene rings is 3. The Morgan fingerprint density at radius 3 is 2.16 bits per heavy atom. The maximum Gasteiger partial charge on any atom is 0.250 e. The Labute approximate surface area is 180 Å². The Bertz CT molecular complexity index is 1150. The molecule has 0 spiro atoms. The number of nitrogens with one attached hydrogen (secondary N) is 4. The third-order valence-corrected chi connectivity index (χ3v) is 4.47. The van der Waals surface area contributed by atoms with Crippen molar-refractivity contribution in [3.05, 3.63) is 84.1 Å². The first-order valence-corrected chi connectivity index (χ1v) is 9.80. The molecule has 0 atom stereocenters. The van der Waals surface area contributed by atoms with Crippen LogP contribution in [0.15, 0.2) is 78.5 Å². The van der Waals surface area contributed by atoms with Crippen LogP contribution in [0.2, 0.25) is 0 Å². The van der Waals surface area contributed by atoms with Gasteiger partial charge in [0.25, 0.3) is 0 Å². The summed E-state index contributed by atoms with van der Waals surface area (Å²) in [5.41, 5.74) is 7.72. The van der Waals surface area contributed by atoms with Crippen molar-refractivity contribution in [2.45, 2.75) is 20.3 Å². The average molecular weight is 416 g/mol. The predicted molar refractivity (Wildman–Crippen MR) is 122 cm³/mol. The lowest BCUT2D eigenvalue weighted by Crippen LogP contribution is -2.37. The summed E-state index contributed by atoms with van der Waals surface area (Å²) < 4.78 is 0. The van der Waals surface area contributed by atoms with Crippen LogP contribution in [-0.2, 0) is 20.8 Å². The number of hydrogen-bond donors (Lipinski definition) is 4. The Balaban J connectivity index is 1.56. The van der Waals surface area contributed by atoms with Gasteiger partial charge in [0.15, 0.2) is 0 Å². The largest absolute Gasteiger partial charge is 0.325 e. The van der Waals surface area contributed by atoms with Gasteiger partial charge in [-0.1, -0.05) is 54.6 Å². The minimum Gasteiger partial charge on any atom is -0.325 e. The molecule has 0 heterocycles. The Kier molecular flexibility index (Phi) is 7.01. The molecule has 0 fully saturated rings. The van der Waals surface area contributed by atoms with Crippen molar-refractivity contribution in [1.29, 1.82) is 0 Å². The molecule has 0 saturated heterocycles. The molecule has 7 nitrogen and oxygen atoms in total. The summed E-state index contributed by atoms with van der Waals surface area (Å²) in [5, 5.41) is 7.48. The number of rotatable bonds is 7. The summed E-state index contributed by atoms with van der Waals surface area (Å²) >= 11 is 0. The number of amides is 3. The Hall–Kier alpha value is -4.13. The van der Waals surface area contributed by atoms with Crippen molar-refractivity contribution in [3.8, 4) is 0 Å². The Morgan fingerprint density at radius 2 is 1.42 bits per heavy atom. The quantitative estimate of drug-likeness (QED) is 0.350. The van der Waals surface area contributed by atoms with E-state index in [9.17, 15) is 14.4 Å². The van der Waals surface area contributed by atoms with Gasteiger partial charge in [-0.3, -0.25) is 19.8 Å². The van der Waals surface area contributed by atoms with Gasteiger partial charge in [0.1, 0.15) is 0 Å². The summed E-state index contributed by atoms with van der Waals surface area (Å²) in [7, 11) is 0. The monoisotopic (exact) mass is 416 g/mol. The van der Waals surface area contributed by atoms with Crippen molar-refractivity contribution in [3.63, 3.8) is 0 Å². The lowest BCUT2D eigenvalue weighted by atomic mass is 10.0. The zero-order chi connectivity index (χ0) is 22.2. The van der Waals surface area contributed by atoms with Crippen molar-refractivity contribution in [2.75, 3.05) is 10.6 Å². The van der Waals surface area contributed by atoms with Crippen LogP contribution < -0.4 is 21.5 Å². The van der Waals surface area contributed by atoms with E-state index in [2.05, 4.69) is 21.5 Å². The van der Waals surface area contributed by atoms with Gasteiger partial charge in [0, 0.05) is 18.7 Å². The molecule has 0 saturated carbocycles. The van der Waals surface area contributed by atoms with Crippen LogP contribution in [0.25, 0.3) is 10.8 Å². The van der Waals surface area contributed by atoms with Gasteiger partial charge in [-0.25, -0.2) is 0 Å². The van der Waals surface area contributed by atoms with Gasteiger partial charge in [-0.2, -0.15) is 0 Å². The Morgan fingerprint density at radius 1 is 0.774 bits per heavy atom. The highest BCUT2D eigenvalue weighted by Crippen LogP contribution is 2.21. The second-order valence-electron chi connectivity index (χ2n) is 7.03. The van der Waals surface area contributed by atoms with E-state index in [1.807, 2.05) is 42.5 Å². The molecule has 0 bridgehead atoms. The number of carbonyl (C=O) groups excluding carboxylic acids is 3. The molecule has 4 N–H and O–H groups in total. The second-order valence-corrected chi connectivity index (χ2v) is 7.03. The van der Waals surface area contributed by atoms with Crippen LogP contribution in [-0.4, -0.2) is 17.7 Å². The van der Waals surface area contributed by atoms with Crippen LogP contribution in [0.5, 0.6) is 0 Å². The SMILES string of the molecule is CC(=O)Nc1ccccc1NC(=O)C=C(C)NNC(=O)Cc1cccc2ccccc12. The molecular formula is C24H24N4O3. The summed E-state index contributed by atoms with van der Waals surface area (Å²) in [4.78, 5) is 35.9. The number of hydrogen-bond acceptors (Lipinski definition) is 4. The fourth-order valence-electron chi connectivity index (χ4n) is 3.12. The molecule has 3 amide bonds. The molecule has 7 heteroatoms. The third kappa shape index (κ3) is 6.17. The van der Waals surface area contributed by atoms with E-state index in [0.717, 1.165) is 16.3 Å². The maximum absolute atomic E-state index is 12.3. The van der Waals surface area contributed by atoms with E-state index in [4.69, 9.17) is 0 Å². The second kappa shape index (κ2) is 10.1. The van der Waals surface area contributed by atoms with E-state index in [1.54, 1.807) is 31.2 Å². The van der Waals surface area contributed by atoms with Crippen molar-refractivity contribution in [1.82, 2.24) is 10.9 Å². The van der Waals surface area contributed by atoms with Crippen LogP contribution in [0.4, 0.5) is 11.4 Å². The normalized spacial score (nSPS) is 11.0. The van der Waals surface area contributed by atoms with E-state index in [0.29, 0.717) is 17.1 Å². The van der Waals surface area contributed by atoms with Crippen LogP contribution in [0, 0.1) is 0 Å². The molecule has 3 aromatic carbocycles. The zero-order valence-electron chi connectivity index (χ0n) is 17.4. The number of allylic oxidation sites excluding steroid dienone is 1. The van der Waals surface area contributed by atoms with Gasteiger partial charge in [-0.15, -0.1) is 0 Å². The first-order valence-electron chi connectivity index (χ1n) is 9.80. The van der Waals surface area contributed by atoms with Crippen molar-refractivity contribution < 1.29 is 14.4 Å². The van der Waals surface area contributed by atoms with Gasteiger partial charge in [0.2, 0.25) is 17.7 Å². The van der Waals surface area contributed by atoms with E-state index < -0.39 is 5.91 Å². The average Bonchev–Trinajstić information content (AvgIpc) is 2.73. The standard InChI is InChI=1S/C24H24N4O3/c1-16(14-23(30)26-22-13-6-5-12-21(22)25-17(2)29)27-28-24(31)15-19-10-7-9-18-8-3-4-11-20(18)19/h3-14,27H,15H2,1-2H3,(H,25,29)(H,26,30)(H,28,31). The molecule has 0 radical (unpaired) electrons. The van der Waals surface area contributed by atoms with Gasteiger partial charge in [0.05, 0.1) is 17.8 Å². The number of hydrazine groups is 1. The van der Waals surface area contributed by atoms with Crippen molar-refractivity contribution >= 4 is 39.9 Å². The molecule has 31 heavy (non-hydrogen) atoms. The maximum atomic E-state index is 12.3. The summed E-state index contributed by atoms with van der Waals surface area (Å²) in [5.74, 6) is -0.851. The number of anilines is 2. The smallest absolute Gasteiger partial charge is 0.250 e. The summed E-state index contributed by atoms with van der Waals surface area (Å²) in [6, 6.07) is 20.6. The van der Waals surface area contributed by atoms with E-state index in [-0.39, 0.29) is 18.2 Å². The van der Waals surface area contributed by atoms with Gasteiger partial charge < -0.3 is 16.1 Å². The minimum atomic E-state index is -0.397. The van der Waals surface area contributed by atoms with E-state index >= 15 is 0 Å². The molecule has 3 rings (SSSR count). The van der Waals surface area contributed by atoms with Crippen LogP contribution >= 0.6 is 0 Å². The highest BCUT2D eigenvalue weighted by Gasteiger charge is 2.08. The first kappa shape index (κ1) is 21.6. The van der Waals surface area contributed by atoms with Crippen LogP contribution in [0.3, 0.4) is 0 Å². The fourth-order valence-corrected chi connectivity index (χ4v) is 3.12. The molecule has 0 aliphatic heterocycles. The molecular weight excluding hydrogens is 392 g/mol.